The highest BCUT2D eigenvalue weighted by molar-refractivity contribution is 8.14. The Kier molecular flexibility index (Phi) is 4.59. The van der Waals surface area contributed by atoms with Crippen LogP contribution in [-0.2, 0) is 4.79 Å². The van der Waals surface area contributed by atoms with E-state index < -0.39 is 0 Å². The van der Waals surface area contributed by atoms with Crippen LogP contribution >= 0.6 is 11.1 Å². The van der Waals surface area contributed by atoms with Crippen molar-refractivity contribution < 1.29 is 4.79 Å². The number of hydrogen-bond donors (Lipinski definition) is 2. The van der Waals surface area contributed by atoms with E-state index in [4.69, 9.17) is 0 Å². The van der Waals surface area contributed by atoms with Crippen LogP contribution in [-0.4, -0.2) is 43.0 Å². The zero-order valence-electron chi connectivity index (χ0n) is 8.55. The third kappa shape index (κ3) is 4.52. The number of likely N-dealkylation sites (tertiary alicyclic amines) is 1. The molecule has 0 saturated carbocycles. The van der Waals surface area contributed by atoms with Crippen LogP contribution in [0.1, 0.15) is 19.3 Å². The molecule has 0 radical (unpaired) electrons. The van der Waals surface area contributed by atoms with Crippen LogP contribution in [0.25, 0.3) is 0 Å². The van der Waals surface area contributed by atoms with Crippen molar-refractivity contribution in [3.63, 3.8) is 0 Å². The van der Waals surface area contributed by atoms with Crippen molar-refractivity contribution in [2.24, 2.45) is 0 Å². The number of nitrogens with one attached hydrogen (secondary N) is 1. The molecule has 13 heavy (non-hydrogen) atoms. The predicted octanol–water partition coefficient (Wildman–Crippen LogP) is 0.764. The molecule has 0 aromatic heterocycles. The third-order valence-electron chi connectivity index (χ3n) is 2.16. The first kappa shape index (κ1) is 10.9. The minimum absolute atomic E-state index is 0.193. The van der Waals surface area contributed by atoms with Gasteiger partial charge in [-0.2, -0.15) is 11.1 Å². The van der Waals surface area contributed by atoms with Crippen LogP contribution in [0.5, 0.6) is 0 Å². The zero-order chi connectivity index (χ0) is 9.68. The molecule has 0 aromatic rings. The van der Waals surface area contributed by atoms with Gasteiger partial charge in [0.2, 0.25) is 5.91 Å². The van der Waals surface area contributed by atoms with Gasteiger partial charge >= 0.3 is 0 Å². The second-order valence-corrected chi connectivity index (χ2v) is 5.78. The number of nitrogens with zero attached hydrogens (tertiary/aromatic N) is 1. The van der Waals surface area contributed by atoms with Crippen molar-refractivity contribution in [1.82, 2.24) is 9.62 Å². The van der Waals surface area contributed by atoms with Crippen LogP contribution in [0.3, 0.4) is 0 Å². The molecular weight excluding hydrogens is 184 g/mol. The lowest BCUT2D eigenvalue weighted by Crippen LogP contribution is -2.38. The quantitative estimate of drug-likeness (QED) is 0.665. The van der Waals surface area contributed by atoms with Gasteiger partial charge < -0.3 is 4.72 Å². The summed E-state index contributed by atoms with van der Waals surface area (Å²) in [6.45, 7) is 2.79. The Bertz CT molecular complexity index is 167. The summed E-state index contributed by atoms with van der Waals surface area (Å²) < 4.78 is 2.97. The molecule has 0 bridgehead atoms. The number of rotatable bonds is 3. The molecule has 1 aliphatic rings. The molecule has 4 heteroatoms. The van der Waals surface area contributed by atoms with Crippen LogP contribution in [0.2, 0.25) is 0 Å². The Balaban J connectivity index is 2.18. The third-order valence-corrected chi connectivity index (χ3v) is 2.86. The van der Waals surface area contributed by atoms with Crippen LogP contribution in [0.15, 0.2) is 0 Å². The highest BCUT2D eigenvalue weighted by Gasteiger charge is 2.13. The molecule has 0 aliphatic carbocycles. The molecule has 1 N–H and O–H groups in total. The van der Waals surface area contributed by atoms with Gasteiger partial charge in [0.25, 0.3) is 0 Å². The van der Waals surface area contributed by atoms with Crippen molar-refractivity contribution >= 4 is 17.0 Å². The van der Waals surface area contributed by atoms with Crippen LogP contribution < -0.4 is 4.72 Å². The molecule has 1 aliphatic heterocycles. The fraction of sp³-hybridized carbons (Fsp3) is 0.889. The van der Waals surface area contributed by atoms with Gasteiger partial charge in [-0.15, -0.1) is 0 Å². The van der Waals surface area contributed by atoms with E-state index in [9.17, 15) is 4.79 Å². The Morgan fingerprint density at radius 3 is 2.46 bits per heavy atom. The van der Waals surface area contributed by atoms with Gasteiger partial charge in [0, 0.05) is 0 Å². The monoisotopic (exact) mass is 204 g/mol. The topological polar surface area (TPSA) is 32.3 Å². The van der Waals surface area contributed by atoms with Gasteiger partial charge in [0.15, 0.2) is 0 Å². The molecule has 3 nitrogen and oxygen atoms in total. The lowest BCUT2D eigenvalue weighted by atomic mass is 10.1. The Labute approximate surface area is 83.4 Å². The zero-order valence-corrected chi connectivity index (χ0v) is 9.44. The predicted molar refractivity (Wildman–Crippen MR) is 59.3 cm³/mol. The molecule has 1 rings (SSSR count). The summed E-state index contributed by atoms with van der Waals surface area (Å²) in [5.74, 6) is 0.193. The van der Waals surface area contributed by atoms with Gasteiger partial charge in [-0.25, -0.2) is 0 Å². The fourth-order valence-electron chi connectivity index (χ4n) is 1.61. The Hall–Kier alpha value is -0.220. The van der Waals surface area contributed by atoms with Crippen LogP contribution in [0, 0.1) is 0 Å². The first-order chi connectivity index (χ1) is 6.18. The Morgan fingerprint density at radius 2 is 1.92 bits per heavy atom. The van der Waals surface area contributed by atoms with Crippen molar-refractivity contribution in [3.05, 3.63) is 0 Å². The van der Waals surface area contributed by atoms with E-state index in [2.05, 4.69) is 22.1 Å². The molecule has 1 amide bonds. The summed E-state index contributed by atoms with van der Waals surface area (Å²) in [6, 6.07) is 0. The molecule has 0 unspecified atom stereocenters. The molecule has 0 aromatic carbocycles. The lowest BCUT2D eigenvalue weighted by Gasteiger charge is -2.26. The van der Waals surface area contributed by atoms with E-state index in [0.29, 0.717) is 6.54 Å². The van der Waals surface area contributed by atoms with E-state index in [1.165, 1.54) is 19.3 Å². The number of amides is 1. The first-order valence-corrected chi connectivity index (χ1v) is 7.11. The summed E-state index contributed by atoms with van der Waals surface area (Å²) in [5, 5.41) is 0. The summed E-state index contributed by atoms with van der Waals surface area (Å²) in [5.41, 5.74) is 0. The summed E-state index contributed by atoms with van der Waals surface area (Å²) in [7, 11) is 0. The van der Waals surface area contributed by atoms with Crippen LogP contribution in [0.4, 0.5) is 0 Å². The first-order valence-electron chi connectivity index (χ1n) is 4.87. The summed E-state index contributed by atoms with van der Waals surface area (Å²) in [4.78, 5) is 13.6. The van der Waals surface area contributed by atoms with E-state index in [-0.39, 0.29) is 17.0 Å². The normalized spacial score (nSPS) is 19.7. The van der Waals surface area contributed by atoms with E-state index in [1.54, 1.807) is 0 Å². The summed E-state index contributed by atoms with van der Waals surface area (Å²) in [6.07, 6.45) is 7.94. The average Bonchev–Trinajstić information content (AvgIpc) is 2.04. The van der Waals surface area contributed by atoms with Gasteiger partial charge in [-0.1, -0.05) is 6.42 Å². The van der Waals surface area contributed by atoms with Gasteiger partial charge in [0.05, 0.1) is 6.54 Å². The minimum atomic E-state index is -0.293. The number of carbonyl (C=O) groups is 1. The number of piperidine rings is 1. The molecule has 78 valence electrons. The lowest BCUT2D eigenvalue weighted by molar-refractivity contribution is -0.120. The Morgan fingerprint density at radius 1 is 1.31 bits per heavy atom. The number of thiol groups is 1. The highest BCUT2D eigenvalue weighted by Crippen LogP contribution is 2.09. The maximum Gasteiger partial charge on any atom is 0.242 e. The van der Waals surface area contributed by atoms with E-state index >= 15 is 0 Å². The minimum Gasteiger partial charge on any atom is -0.320 e. The molecule has 0 spiro atoms. The van der Waals surface area contributed by atoms with Crippen molar-refractivity contribution in [3.8, 4) is 0 Å². The maximum absolute atomic E-state index is 11.4. The van der Waals surface area contributed by atoms with Crippen molar-refractivity contribution in [2.75, 3.05) is 32.1 Å². The second-order valence-electron chi connectivity index (χ2n) is 3.77. The van der Waals surface area contributed by atoms with E-state index in [1.807, 2.05) is 0 Å². The largest absolute Gasteiger partial charge is 0.320 e. The van der Waals surface area contributed by atoms with Crippen molar-refractivity contribution in [1.29, 1.82) is 0 Å². The SMILES string of the molecule is C[SH](C)NC(=O)CN1CCCCC1. The number of carbonyl (C=O) groups excluding carboxylic acids is 1. The highest BCUT2D eigenvalue weighted by atomic mass is 32.2. The van der Waals surface area contributed by atoms with Gasteiger partial charge in [-0.3, -0.25) is 9.69 Å². The van der Waals surface area contributed by atoms with Gasteiger partial charge in [-0.05, 0) is 38.4 Å². The average molecular weight is 204 g/mol. The molecular formula is C9H20N2OS. The fourth-order valence-corrected chi connectivity index (χ4v) is 2.17. The molecule has 1 fully saturated rings. The molecule has 0 atom stereocenters. The smallest absolute Gasteiger partial charge is 0.242 e. The number of hydrogen-bond acceptors (Lipinski definition) is 2. The van der Waals surface area contributed by atoms with E-state index in [0.717, 1.165) is 13.1 Å². The molecule has 1 heterocycles. The maximum atomic E-state index is 11.4. The standard InChI is InChI=1S/C9H20N2OS/c1-13(2)10-9(12)8-11-6-4-3-5-7-11/h13H,3-8H2,1-2H3,(H,10,12). The van der Waals surface area contributed by atoms with Gasteiger partial charge in [0.1, 0.15) is 0 Å². The molecule has 1 saturated heterocycles. The second kappa shape index (κ2) is 5.50. The summed E-state index contributed by atoms with van der Waals surface area (Å²) >= 11 is -0.293. The van der Waals surface area contributed by atoms with Crippen molar-refractivity contribution in [2.45, 2.75) is 19.3 Å².